The van der Waals surface area contributed by atoms with Gasteiger partial charge < -0.3 is 10.6 Å². The van der Waals surface area contributed by atoms with Gasteiger partial charge in [0.1, 0.15) is 0 Å². The predicted molar refractivity (Wildman–Crippen MR) is 78.5 cm³/mol. The van der Waals surface area contributed by atoms with Crippen LogP contribution in [-0.4, -0.2) is 24.0 Å². The number of carbonyl (C=O) groups is 1. The summed E-state index contributed by atoms with van der Waals surface area (Å²) in [6.45, 7) is 3.13. The van der Waals surface area contributed by atoms with Crippen molar-refractivity contribution in [1.82, 2.24) is 10.3 Å². The molecule has 0 aliphatic rings. The molecule has 0 atom stereocenters. The Balaban J connectivity index is 2.09. The summed E-state index contributed by atoms with van der Waals surface area (Å²) in [6.07, 6.45) is 2.17. The van der Waals surface area contributed by atoms with E-state index in [2.05, 4.69) is 15.6 Å². The number of anilines is 1. The standard InChI is InChI=1S/C14H16ClN3O/c1-2-16-13(19)7-9-17-12-6-5-11(15)10-4-3-8-18-14(10)12/h3-6,8,17H,2,7,9H2,1H3,(H,16,19). The second-order valence-electron chi connectivity index (χ2n) is 4.12. The van der Waals surface area contributed by atoms with E-state index in [0.717, 1.165) is 16.6 Å². The molecule has 4 nitrogen and oxygen atoms in total. The van der Waals surface area contributed by atoms with Crippen LogP contribution in [0.3, 0.4) is 0 Å². The van der Waals surface area contributed by atoms with Gasteiger partial charge in [0.05, 0.1) is 16.2 Å². The monoisotopic (exact) mass is 277 g/mol. The molecular formula is C14H16ClN3O. The first-order chi connectivity index (χ1) is 9.22. The molecule has 2 N–H and O–H groups in total. The fourth-order valence-electron chi connectivity index (χ4n) is 1.88. The average molecular weight is 278 g/mol. The molecule has 1 aromatic carbocycles. The van der Waals surface area contributed by atoms with Crippen molar-refractivity contribution in [3.8, 4) is 0 Å². The SMILES string of the molecule is CCNC(=O)CCNc1ccc(Cl)c2cccnc12. The van der Waals surface area contributed by atoms with E-state index in [1.165, 1.54) is 0 Å². The lowest BCUT2D eigenvalue weighted by atomic mass is 10.2. The molecule has 0 radical (unpaired) electrons. The number of carbonyl (C=O) groups excluding carboxylic acids is 1. The minimum absolute atomic E-state index is 0.0428. The van der Waals surface area contributed by atoms with E-state index in [1.54, 1.807) is 6.20 Å². The molecule has 1 aromatic heterocycles. The Kier molecular flexibility index (Phi) is 4.58. The maximum atomic E-state index is 11.4. The number of rotatable bonds is 5. The zero-order valence-electron chi connectivity index (χ0n) is 10.7. The number of fused-ring (bicyclic) bond motifs is 1. The Morgan fingerprint density at radius 1 is 1.37 bits per heavy atom. The number of pyridine rings is 1. The normalized spacial score (nSPS) is 10.4. The van der Waals surface area contributed by atoms with E-state index in [9.17, 15) is 4.79 Å². The molecule has 0 saturated carbocycles. The zero-order valence-corrected chi connectivity index (χ0v) is 11.5. The maximum absolute atomic E-state index is 11.4. The van der Waals surface area contributed by atoms with Gasteiger partial charge in [0.25, 0.3) is 0 Å². The van der Waals surface area contributed by atoms with Crippen LogP contribution in [0.1, 0.15) is 13.3 Å². The molecule has 0 fully saturated rings. The number of hydrogen-bond donors (Lipinski definition) is 2. The van der Waals surface area contributed by atoms with Gasteiger partial charge in [-0.15, -0.1) is 0 Å². The summed E-state index contributed by atoms with van der Waals surface area (Å²) in [7, 11) is 0. The summed E-state index contributed by atoms with van der Waals surface area (Å²) in [6, 6.07) is 7.50. The van der Waals surface area contributed by atoms with Gasteiger partial charge in [-0.3, -0.25) is 9.78 Å². The lowest BCUT2D eigenvalue weighted by Crippen LogP contribution is -2.24. The zero-order chi connectivity index (χ0) is 13.7. The van der Waals surface area contributed by atoms with Gasteiger partial charge in [-0.2, -0.15) is 0 Å². The van der Waals surface area contributed by atoms with Crippen molar-refractivity contribution in [1.29, 1.82) is 0 Å². The Morgan fingerprint density at radius 3 is 3.00 bits per heavy atom. The van der Waals surface area contributed by atoms with Gasteiger partial charge >= 0.3 is 0 Å². The molecule has 0 unspecified atom stereocenters. The molecule has 0 saturated heterocycles. The van der Waals surface area contributed by atoms with Crippen LogP contribution in [0.15, 0.2) is 30.5 Å². The maximum Gasteiger partial charge on any atom is 0.221 e. The minimum Gasteiger partial charge on any atom is -0.383 e. The van der Waals surface area contributed by atoms with E-state index in [-0.39, 0.29) is 5.91 Å². The smallest absolute Gasteiger partial charge is 0.221 e. The van der Waals surface area contributed by atoms with Crippen molar-refractivity contribution in [2.24, 2.45) is 0 Å². The summed E-state index contributed by atoms with van der Waals surface area (Å²) in [5.74, 6) is 0.0428. The van der Waals surface area contributed by atoms with Gasteiger partial charge in [0, 0.05) is 31.1 Å². The molecular weight excluding hydrogens is 262 g/mol. The highest BCUT2D eigenvalue weighted by Crippen LogP contribution is 2.27. The molecule has 2 aromatic rings. The molecule has 1 heterocycles. The van der Waals surface area contributed by atoms with Crippen molar-refractivity contribution in [2.45, 2.75) is 13.3 Å². The quantitative estimate of drug-likeness (QED) is 0.884. The fourth-order valence-corrected chi connectivity index (χ4v) is 2.09. The summed E-state index contributed by atoms with van der Waals surface area (Å²) < 4.78 is 0. The molecule has 2 rings (SSSR count). The van der Waals surface area contributed by atoms with Gasteiger partial charge in [-0.1, -0.05) is 11.6 Å². The highest BCUT2D eigenvalue weighted by molar-refractivity contribution is 6.35. The van der Waals surface area contributed by atoms with Crippen molar-refractivity contribution in [3.05, 3.63) is 35.5 Å². The number of amides is 1. The third kappa shape index (κ3) is 3.35. The highest BCUT2D eigenvalue weighted by Gasteiger charge is 2.06. The van der Waals surface area contributed by atoms with Crippen LogP contribution >= 0.6 is 11.6 Å². The lowest BCUT2D eigenvalue weighted by molar-refractivity contribution is -0.120. The first kappa shape index (κ1) is 13.6. The number of hydrogen-bond acceptors (Lipinski definition) is 3. The summed E-state index contributed by atoms with van der Waals surface area (Å²) in [5.41, 5.74) is 1.72. The first-order valence-electron chi connectivity index (χ1n) is 6.26. The molecule has 1 amide bonds. The van der Waals surface area contributed by atoms with Crippen molar-refractivity contribution in [3.63, 3.8) is 0 Å². The molecule has 0 aliphatic heterocycles. The molecule has 100 valence electrons. The van der Waals surface area contributed by atoms with E-state index in [4.69, 9.17) is 11.6 Å². The molecule has 0 aliphatic carbocycles. The van der Waals surface area contributed by atoms with E-state index >= 15 is 0 Å². The third-order valence-electron chi connectivity index (χ3n) is 2.76. The second-order valence-corrected chi connectivity index (χ2v) is 4.53. The molecule has 5 heteroatoms. The highest BCUT2D eigenvalue weighted by atomic mass is 35.5. The average Bonchev–Trinajstić information content (AvgIpc) is 2.42. The molecule has 19 heavy (non-hydrogen) atoms. The van der Waals surface area contributed by atoms with Crippen molar-refractivity contribution in [2.75, 3.05) is 18.4 Å². The fraction of sp³-hybridized carbons (Fsp3) is 0.286. The Labute approximate surface area is 117 Å². The Morgan fingerprint density at radius 2 is 2.21 bits per heavy atom. The third-order valence-corrected chi connectivity index (χ3v) is 3.09. The largest absolute Gasteiger partial charge is 0.383 e. The van der Waals surface area contributed by atoms with Gasteiger partial charge in [0.2, 0.25) is 5.91 Å². The van der Waals surface area contributed by atoms with E-state index in [1.807, 2.05) is 31.2 Å². The first-order valence-corrected chi connectivity index (χ1v) is 6.64. The van der Waals surface area contributed by atoms with Gasteiger partial charge in [0.15, 0.2) is 0 Å². The molecule has 0 bridgehead atoms. The number of benzene rings is 1. The van der Waals surface area contributed by atoms with Crippen LogP contribution in [0.4, 0.5) is 5.69 Å². The predicted octanol–water partition coefficient (Wildman–Crippen LogP) is 2.83. The lowest BCUT2D eigenvalue weighted by Gasteiger charge is -2.09. The van der Waals surface area contributed by atoms with Crippen LogP contribution in [0.25, 0.3) is 10.9 Å². The Bertz CT molecular complexity index is 586. The van der Waals surface area contributed by atoms with Crippen LogP contribution in [0.2, 0.25) is 5.02 Å². The Hall–Kier alpha value is -1.81. The minimum atomic E-state index is 0.0428. The van der Waals surface area contributed by atoms with E-state index in [0.29, 0.717) is 24.5 Å². The molecule has 0 spiro atoms. The number of nitrogens with zero attached hydrogens (tertiary/aromatic N) is 1. The summed E-state index contributed by atoms with van der Waals surface area (Å²) in [5, 5.41) is 7.57. The van der Waals surface area contributed by atoms with Crippen LogP contribution < -0.4 is 10.6 Å². The van der Waals surface area contributed by atoms with Crippen molar-refractivity contribution < 1.29 is 4.79 Å². The summed E-state index contributed by atoms with van der Waals surface area (Å²) in [4.78, 5) is 15.7. The number of aromatic nitrogens is 1. The number of halogens is 1. The van der Waals surface area contributed by atoms with Gasteiger partial charge in [-0.25, -0.2) is 0 Å². The topological polar surface area (TPSA) is 54.0 Å². The second kappa shape index (κ2) is 6.38. The van der Waals surface area contributed by atoms with E-state index < -0.39 is 0 Å². The van der Waals surface area contributed by atoms with Crippen LogP contribution in [0, 0.1) is 0 Å². The number of nitrogens with one attached hydrogen (secondary N) is 2. The van der Waals surface area contributed by atoms with Crippen molar-refractivity contribution >= 4 is 34.1 Å². The van der Waals surface area contributed by atoms with Gasteiger partial charge in [-0.05, 0) is 31.2 Å². The van der Waals surface area contributed by atoms with Crippen LogP contribution in [-0.2, 0) is 4.79 Å². The van der Waals surface area contributed by atoms with Crippen LogP contribution in [0.5, 0.6) is 0 Å². The summed E-state index contributed by atoms with van der Waals surface area (Å²) >= 11 is 6.12.